The summed E-state index contributed by atoms with van der Waals surface area (Å²) in [5.74, 6) is 0.823. The predicted molar refractivity (Wildman–Crippen MR) is 150 cm³/mol. The van der Waals surface area contributed by atoms with Gasteiger partial charge in [-0.25, -0.2) is 23.1 Å². The molecule has 2 fully saturated rings. The molecule has 2 aliphatic heterocycles. The number of aryl methyl sites for hydroxylation is 1. The lowest BCUT2D eigenvalue weighted by atomic mass is 10.1. The van der Waals surface area contributed by atoms with Crippen LogP contribution < -0.4 is 15.2 Å². The van der Waals surface area contributed by atoms with E-state index in [2.05, 4.69) is 36.6 Å². The summed E-state index contributed by atoms with van der Waals surface area (Å²) in [6, 6.07) is 5.47. The van der Waals surface area contributed by atoms with Gasteiger partial charge in [0.05, 0.1) is 35.2 Å². The van der Waals surface area contributed by atoms with Crippen LogP contribution in [0.4, 0.5) is 5.82 Å². The molecule has 0 unspecified atom stereocenters. The Hall–Kier alpha value is -3.06. The van der Waals surface area contributed by atoms with Gasteiger partial charge in [-0.15, -0.1) is 0 Å². The second kappa shape index (κ2) is 12.0. The fourth-order valence-corrected chi connectivity index (χ4v) is 6.35. The largest absolute Gasteiger partial charge is 0.433 e. The van der Waals surface area contributed by atoms with Crippen molar-refractivity contribution in [3.63, 3.8) is 0 Å². The molecule has 2 aliphatic rings. The van der Waals surface area contributed by atoms with Crippen molar-refractivity contribution in [1.82, 2.24) is 34.3 Å². The van der Waals surface area contributed by atoms with E-state index in [4.69, 9.17) is 10.5 Å². The number of aromatic nitrogens is 4. The van der Waals surface area contributed by atoms with Gasteiger partial charge in [-0.2, -0.15) is 5.10 Å². The Bertz CT molecular complexity index is 1380. The molecule has 0 aliphatic carbocycles. The quantitative estimate of drug-likeness (QED) is 0.410. The Morgan fingerprint density at radius 3 is 2.62 bits per heavy atom. The third-order valence-corrected chi connectivity index (χ3v) is 8.89. The highest BCUT2D eigenvalue weighted by Gasteiger charge is 2.21. The Kier molecular flexibility index (Phi) is 8.46. The predicted octanol–water partition coefficient (Wildman–Crippen LogP) is 3.05. The van der Waals surface area contributed by atoms with E-state index in [1.54, 1.807) is 18.3 Å². The summed E-state index contributed by atoms with van der Waals surface area (Å²) in [4.78, 5) is 13.7. The minimum absolute atomic E-state index is 0.144. The monoisotopic (exact) mass is 554 g/mol. The number of hydrogen-bond acceptors (Lipinski definition) is 9. The van der Waals surface area contributed by atoms with E-state index < -0.39 is 10.0 Å². The average Bonchev–Trinajstić information content (AvgIpc) is 3.39. The number of benzene rings is 1. The SMILES string of the molecule is Cc1cc(-c2cnc(N)c(Oc3cnn(C4CCN(C)CC4)c3)n2)cc(S(=O)(=O)NCCN2CCCCC2)c1. The number of likely N-dealkylation sites (tertiary alicyclic amines) is 2. The van der Waals surface area contributed by atoms with Gasteiger partial charge in [0, 0.05) is 18.7 Å². The van der Waals surface area contributed by atoms with Crippen molar-refractivity contribution in [2.45, 2.75) is 50.0 Å². The first-order valence-corrected chi connectivity index (χ1v) is 15.1. The van der Waals surface area contributed by atoms with Crippen LogP contribution in [0.2, 0.25) is 0 Å². The van der Waals surface area contributed by atoms with Crippen LogP contribution >= 0.6 is 0 Å². The maximum atomic E-state index is 13.1. The summed E-state index contributed by atoms with van der Waals surface area (Å²) in [5.41, 5.74) is 7.96. The van der Waals surface area contributed by atoms with Crippen LogP contribution in [-0.4, -0.2) is 84.3 Å². The molecular formula is C27H38N8O3S. The Morgan fingerprint density at radius 1 is 1.08 bits per heavy atom. The van der Waals surface area contributed by atoms with Crippen LogP contribution in [0.5, 0.6) is 11.6 Å². The Labute approximate surface area is 230 Å². The smallest absolute Gasteiger partial charge is 0.263 e. The van der Waals surface area contributed by atoms with Crippen molar-refractivity contribution in [1.29, 1.82) is 0 Å². The van der Waals surface area contributed by atoms with E-state index in [0.717, 1.165) is 44.6 Å². The average molecular weight is 555 g/mol. The van der Waals surface area contributed by atoms with Gasteiger partial charge < -0.3 is 20.3 Å². The van der Waals surface area contributed by atoms with Gasteiger partial charge in [-0.1, -0.05) is 6.42 Å². The number of piperidine rings is 2. The molecule has 12 heteroatoms. The van der Waals surface area contributed by atoms with Crippen LogP contribution in [0.3, 0.4) is 0 Å². The maximum Gasteiger partial charge on any atom is 0.263 e. The molecule has 2 aromatic heterocycles. The fraction of sp³-hybridized carbons (Fsp3) is 0.519. The zero-order chi connectivity index (χ0) is 27.4. The summed E-state index contributed by atoms with van der Waals surface area (Å²) in [6.45, 7) is 7.04. The molecule has 1 aromatic carbocycles. The highest BCUT2D eigenvalue weighted by molar-refractivity contribution is 7.89. The summed E-state index contributed by atoms with van der Waals surface area (Å²) in [5, 5.41) is 4.48. The second-order valence-corrected chi connectivity index (χ2v) is 12.3. The molecule has 0 amide bonds. The van der Waals surface area contributed by atoms with Crippen LogP contribution in [-0.2, 0) is 10.0 Å². The molecule has 210 valence electrons. The Morgan fingerprint density at radius 2 is 1.85 bits per heavy atom. The molecule has 39 heavy (non-hydrogen) atoms. The first-order valence-electron chi connectivity index (χ1n) is 13.6. The highest BCUT2D eigenvalue weighted by Crippen LogP contribution is 2.30. The van der Waals surface area contributed by atoms with Crippen LogP contribution in [0, 0.1) is 6.92 Å². The van der Waals surface area contributed by atoms with E-state index in [-0.39, 0.29) is 16.6 Å². The molecule has 0 spiro atoms. The van der Waals surface area contributed by atoms with Gasteiger partial charge in [0.15, 0.2) is 11.6 Å². The van der Waals surface area contributed by atoms with Gasteiger partial charge in [0.2, 0.25) is 10.0 Å². The minimum atomic E-state index is -3.69. The zero-order valence-electron chi connectivity index (χ0n) is 22.7. The van der Waals surface area contributed by atoms with Crippen molar-refractivity contribution < 1.29 is 13.2 Å². The van der Waals surface area contributed by atoms with E-state index in [9.17, 15) is 8.42 Å². The van der Waals surface area contributed by atoms with Gasteiger partial charge in [0.1, 0.15) is 0 Å². The van der Waals surface area contributed by atoms with Crippen LogP contribution in [0.1, 0.15) is 43.7 Å². The Balaban J connectivity index is 1.30. The van der Waals surface area contributed by atoms with Gasteiger partial charge >= 0.3 is 0 Å². The third kappa shape index (κ3) is 6.93. The first kappa shape index (κ1) is 27.5. The van der Waals surface area contributed by atoms with Gasteiger partial charge in [-0.05, 0) is 89.6 Å². The van der Waals surface area contributed by atoms with Crippen molar-refractivity contribution in [3.8, 4) is 22.9 Å². The summed E-state index contributed by atoms with van der Waals surface area (Å²) in [7, 11) is -1.56. The number of nitrogens with one attached hydrogen (secondary N) is 1. The lowest BCUT2D eigenvalue weighted by Crippen LogP contribution is -2.37. The maximum absolute atomic E-state index is 13.1. The number of rotatable bonds is 9. The summed E-state index contributed by atoms with van der Waals surface area (Å²) >= 11 is 0. The third-order valence-electron chi connectivity index (χ3n) is 7.45. The number of anilines is 1. The number of nitrogen functional groups attached to an aromatic ring is 1. The molecule has 0 radical (unpaired) electrons. The number of hydrogen-bond donors (Lipinski definition) is 2. The van der Waals surface area contributed by atoms with E-state index in [1.807, 2.05) is 23.9 Å². The molecule has 5 rings (SSSR count). The molecular weight excluding hydrogens is 516 g/mol. The lowest BCUT2D eigenvalue weighted by molar-refractivity contribution is 0.212. The lowest BCUT2D eigenvalue weighted by Gasteiger charge is -2.28. The van der Waals surface area contributed by atoms with Gasteiger partial charge in [0.25, 0.3) is 5.88 Å². The summed E-state index contributed by atoms with van der Waals surface area (Å²) in [6.07, 6.45) is 10.7. The molecule has 3 N–H and O–H groups in total. The highest BCUT2D eigenvalue weighted by atomic mass is 32.2. The second-order valence-electron chi connectivity index (χ2n) is 10.6. The minimum Gasteiger partial charge on any atom is -0.433 e. The first-order chi connectivity index (χ1) is 18.8. The number of sulfonamides is 1. The molecule has 0 atom stereocenters. The molecule has 2 saturated heterocycles. The van der Waals surface area contributed by atoms with Gasteiger partial charge in [-0.3, -0.25) is 4.68 Å². The van der Waals surface area contributed by atoms with Crippen molar-refractivity contribution in [3.05, 3.63) is 42.4 Å². The number of nitrogens with two attached hydrogens (primary N) is 1. The molecule has 11 nitrogen and oxygen atoms in total. The molecule has 0 bridgehead atoms. The van der Waals surface area contributed by atoms with Crippen LogP contribution in [0.15, 0.2) is 41.7 Å². The molecule has 0 saturated carbocycles. The fourth-order valence-electron chi connectivity index (χ4n) is 5.20. The van der Waals surface area contributed by atoms with Crippen molar-refractivity contribution in [2.75, 3.05) is 52.0 Å². The van der Waals surface area contributed by atoms with Crippen LogP contribution in [0.25, 0.3) is 11.3 Å². The molecule has 4 heterocycles. The van der Waals surface area contributed by atoms with Crippen molar-refractivity contribution in [2.24, 2.45) is 0 Å². The summed E-state index contributed by atoms with van der Waals surface area (Å²) < 4.78 is 36.9. The van der Waals surface area contributed by atoms with E-state index >= 15 is 0 Å². The molecule has 3 aromatic rings. The van der Waals surface area contributed by atoms with Crippen molar-refractivity contribution >= 4 is 15.8 Å². The van der Waals surface area contributed by atoms with E-state index in [0.29, 0.717) is 36.1 Å². The zero-order valence-corrected chi connectivity index (χ0v) is 23.5. The number of ether oxygens (including phenoxy) is 1. The van der Waals surface area contributed by atoms with E-state index in [1.165, 1.54) is 25.5 Å². The standard InChI is InChI=1S/C27H38N8O3S/c1-20-14-21(16-24(15-20)39(36,37)31-8-13-34-9-4-3-5-10-34)25-18-29-26(28)27(32-25)38-23-17-30-35(19-23)22-6-11-33(2)12-7-22/h14-19,22,31H,3-13H2,1-2H3,(H2,28,29). The normalized spacial score (nSPS) is 17.9. The topological polar surface area (TPSA) is 132 Å². The number of nitrogens with zero attached hydrogens (tertiary/aromatic N) is 6.